The van der Waals surface area contributed by atoms with Crippen LogP contribution in [0.1, 0.15) is 0 Å². The van der Waals surface area contributed by atoms with E-state index in [4.69, 9.17) is 16.7 Å². The molecule has 1 N–H and O–H groups in total. The van der Waals surface area contributed by atoms with Crippen LogP contribution in [0, 0.1) is 0 Å². The molecule has 74 valence electrons. The summed E-state index contributed by atoms with van der Waals surface area (Å²) in [5, 5.41) is 9.84. The fourth-order valence-electron chi connectivity index (χ4n) is 0.670. The summed E-state index contributed by atoms with van der Waals surface area (Å²) < 4.78 is 0. The van der Waals surface area contributed by atoms with E-state index in [1.54, 1.807) is 12.1 Å². The lowest BCUT2D eigenvalue weighted by molar-refractivity contribution is -0.132. The van der Waals surface area contributed by atoms with Crippen molar-refractivity contribution < 1.29 is 9.90 Å². The summed E-state index contributed by atoms with van der Waals surface area (Å²) in [6.45, 7) is 3.41. The molecular weight excluding hydrogens is 222 g/mol. The predicted octanol–water partition coefficient (Wildman–Crippen LogP) is 2.47. The molecule has 0 amide bonds. The van der Waals surface area contributed by atoms with Gasteiger partial charge in [-0.3, -0.25) is 0 Å². The lowest BCUT2D eigenvalue weighted by atomic mass is 10.4. The molecule has 14 heavy (non-hydrogen) atoms. The second kappa shape index (κ2) is 5.02. The van der Waals surface area contributed by atoms with Gasteiger partial charge in [-0.15, -0.1) is 11.8 Å². The summed E-state index contributed by atoms with van der Waals surface area (Å²) >= 11 is 6.96. The number of carboxylic acid groups (broad SMARTS) is 1. The summed E-state index contributed by atoms with van der Waals surface area (Å²) in [6.07, 6.45) is 1.52. The van der Waals surface area contributed by atoms with Crippen molar-refractivity contribution in [1.29, 1.82) is 0 Å². The highest BCUT2D eigenvalue weighted by atomic mass is 35.5. The Morgan fingerprint density at radius 3 is 2.86 bits per heavy atom. The van der Waals surface area contributed by atoms with Gasteiger partial charge in [-0.2, -0.15) is 0 Å². The van der Waals surface area contributed by atoms with Gasteiger partial charge in [0.15, 0.2) is 0 Å². The van der Waals surface area contributed by atoms with Crippen LogP contribution in [-0.2, 0) is 4.79 Å². The summed E-state index contributed by atoms with van der Waals surface area (Å²) in [7, 11) is 0. The summed E-state index contributed by atoms with van der Waals surface area (Å²) in [5.74, 6) is -0.657. The van der Waals surface area contributed by atoms with Crippen molar-refractivity contribution in [2.45, 2.75) is 5.03 Å². The van der Waals surface area contributed by atoms with Crippen molar-refractivity contribution in [2.24, 2.45) is 0 Å². The molecule has 0 atom stereocenters. The van der Waals surface area contributed by atoms with Gasteiger partial charge in [0.25, 0.3) is 0 Å². The largest absolute Gasteiger partial charge is 0.478 e. The summed E-state index contributed by atoms with van der Waals surface area (Å²) in [4.78, 5) is 14.4. The van der Waals surface area contributed by atoms with E-state index in [0.29, 0.717) is 10.8 Å². The highest BCUT2D eigenvalue weighted by Crippen LogP contribution is 2.19. The van der Waals surface area contributed by atoms with Crippen molar-refractivity contribution in [1.82, 2.24) is 4.98 Å². The van der Waals surface area contributed by atoms with E-state index in [-0.39, 0.29) is 5.57 Å². The van der Waals surface area contributed by atoms with Crippen molar-refractivity contribution in [3.63, 3.8) is 0 Å². The minimum absolute atomic E-state index is 0.159. The number of carbonyl (C=O) groups is 1. The van der Waals surface area contributed by atoms with E-state index in [1.165, 1.54) is 18.0 Å². The Kier molecular flexibility index (Phi) is 3.98. The van der Waals surface area contributed by atoms with Gasteiger partial charge in [-0.1, -0.05) is 18.2 Å². The van der Waals surface area contributed by atoms with Crippen LogP contribution >= 0.6 is 23.4 Å². The lowest BCUT2D eigenvalue weighted by Crippen LogP contribution is -2.01. The Bertz CT molecular complexity index is 350. The number of thioether (sulfide) groups is 1. The van der Waals surface area contributed by atoms with Gasteiger partial charge in [0.05, 0.1) is 10.0 Å². The minimum atomic E-state index is -0.980. The molecule has 0 aliphatic carbocycles. The number of hydrogen-bond acceptors (Lipinski definition) is 3. The molecule has 0 bridgehead atoms. The van der Waals surface area contributed by atoms with Crippen LogP contribution < -0.4 is 0 Å². The van der Waals surface area contributed by atoms with E-state index in [2.05, 4.69) is 11.6 Å². The van der Waals surface area contributed by atoms with Crippen LogP contribution in [0.15, 0.2) is 35.5 Å². The number of rotatable bonds is 4. The summed E-state index contributed by atoms with van der Waals surface area (Å²) in [5.41, 5.74) is 0.159. The molecule has 1 rings (SSSR count). The molecule has 1 heterocycles. The molecule has 1 aromatic heterocycles. The third-order valence-corrected chi connectivity index (χ3v) is 2.65. The van der Waals surface area contributed by atoms with Gasteiger partial charge in [0, 0.05) is 17.5 Å². The van der Waals surface area contributed by atoms with Gasteiger partial charge in [0.2, 0.25) is 0 Å². The maximum absolute atomic E-state index is 10.4. The Balaban J connectivity index is 2.50. The molecule has 0 fully saturated rings. The molecule has 0 aliphatic rings. The zero-order valence-corrected chi connectivity index (χ0v) is 8.81. The number of nitrogens with zero attached hydrogens (tertiary/aromatic N) is 1. The monoisotopic (exact) mass is 229 g/mol. The first-order chi connectivity index (χ1) is 6.59. The fourth-order valence-corrected chi connectivity index (χ4v) is 1.52. The van der Waals surface area contributed by atoms with Crippen LogP contribution in [0.5, 0.6) is 0 Å². The van der Waals surface area contributed by atoms with Crippen LogP contribution in [0.2, 0.25) is 5.02 Å². The molecule has 0 radical (unpaired) electrons. The first-order valence-corrected chi connectivity index (χ1v) is 5.11. The molecule has 5 heteroatoms. The number of carboxylic acids is 1. The number of pyridine rings is 1. The van der Waals surface area contributed by atoms with E-state index in [0.717, 1.165) is 5.03 Å². The quantitative estimate of drug-likeness (QED) is 0.637. The number of aromatic nitrogens is 1. The third-order valence-electron chi connectivity index (χ3n) is 1.40. The van der Waals surface area contributed by atoms with Gasteiger partial charge in [-0.05, 0) is 12.1 Å². The Labute approximate surface area is 90.8 Å². The predicted molar refractivity (Wildman–Crippen MR) is 56.7 cm³/mol. The number of halogens is 1. The molecule has 3 nitrogen and oxygen atoms in total. The summed E-state index contributed by atoms with van der Waals surface area (Å²) in [6, 6.07) is 3.45. The van der Waals surface area contributed by atoms with E-state index < -0.39 is 5.97 Å². The van der Waals surface area contributed by atoms with Crippen LogP contribution in [-0.4, -0.2) is 21.8 Å². The molecule has 0 aromatic carbocycles. The van der Waals surface area contributed by atoms with Crippen molar-refractivity contribution >= 4 is 29.3 Å². The van der Waals surface area contributed by atoms with Gasteiger partial charge < -0.3 is 5.11 Å². The minimum Gasteiger partial charge on any atom is -0.478 e. The first-order valence-electron chi connectivity index (χ1n) is 3.75. The SMILES string of the molecule is C=C(CSc1ccc(Cl)cn1)C(=O)O. The highest BCUT2D eigenvalue weighted by molar-refractivity contribution is 7.99. The Morgan fingerprint density at radius 2 is 2.36 bits per heavy atom. The van der Waals surface area contributed by atoms with E-state index in [9.17, 15) is 4.79 Å². The molecule has 0 aliphatic heterocycles. The zero-order chi connectivity index (χ0) is 10.6. The van der Waals surface area contributed by atoms with Crippen molar-refractivity contribution in [3.8, 4) is 0 Å². The molecule has 0 spiro atoms. The molecule has 0 saturated heterocycles. The Hall–Kier alpha value is -1.00. The van der Waals surface area contributed by atoms with E-state index >= 15 is 0 Å². The second-order valence-corrected chi connectivity index (χ2v) is 3.94. The van der Waals surface area contributed by atoms with Gasteiger partial charge in [0.1, 0.15) is 0 Å². The Morgan fingerprint density at radius 1 is 1.64 bits per heavy atom. The average Bonchev–Trinajstić information content (AvgIpc) is 2.16. The molecule has 0 unspecified atom stereocenters. The average molecular weight is 230 g/mol. The lowest BCUT2D eigenvalue weighted by Gasteiger charge is -2.00. The smallest absolute Gasteiger partial charge is 0.331 e. The molecular formula is C9H8ClNO2S. The topological polar surface area (TPSA) is 50.2 Å². The first kappa shape index (κ1) is 11.1. The van der Waals surface area contributed by atoms with Crippen LogP contribution in [0.4, 0.5) is 0 Å². The zero-order valence-electron chi connectivity index (χ0n) is 7.24. The van der Waals surface area contributed by atoms with Crippen molar-refractivity contribution in [3.05, 3.63) is 35.5 Å². The molecule has 0 saturated carbocycles. The standard InChI is InChI=1S/C9H8ClNO2S/c1-6(9(12)13)5-14-8-3-2-7(10)4-11-8/h2-4H,1,5H2,(H,12,13). The second-order valence-electron chi connectivity index (χ2n) is 2.51. The van der Waals surface area contributed by atoms with Crippen molar-refractivity contribution in [2.75, 3.05) is 5.75 Å². The maximum atomic E-state index is 10.4. The third kappa shape index (κ3) is 3.40. The number of aliphatic carboxylic acids is 1. The van der Waals surface area contributed by atoms with E-state index in [1.807, 2.05) is 0 Å². The van der Waals surface area contributed by atoms with Crippen LogP contribution in [0.25, 0.3) is 0 Å². The normalized spacial score (nSPS) is 9.79. The molecule has 1 aromatic rings. The van der Waals surface area contributed by atoms with Gasteiger partial charge in [-0.25, -0.2) is 9.78 Å². The fraction of sp³-hybridized carbons (Fsp3) is 0.111. The van der Waals surface area contributed by atoms with Gasteiger partial charge >= 0.3 is 5.97 Å². The van der Waals surface area contributed by atoms with Crippen LogP contribution in [0.3, 0.4) is 0 Å². The highest BCUT2D eigenvalue weighted by Gasteiger charge is 2.04. The number of hydrogen-bond donors (Lipinski definition) is 1. The maximum Gasteiger partial charge on any atom is 0.331 e.